The van der Waals surface area contributed by atoms with Crippen molar-refractivity contribution in [3.8, 4) is 0 Å². The predicted octanol–water partition coefficient (Wildman–Crippen LogP) is 0.00290. The summed E-state index contributed by atoms with van der Waals surface area (Å²) in [5, 5.41) is 6.82. The van der Waals surface area contributed by atoms with E-state index in [9.17, 15) is 0 Å². The van der Waals surface area contributed by atoms with Crippen LogP contribution < -0.4 is 11.6 Å². The summed E-state index contributed by atoms with van der Waals surface area (Å²) in [5.41, 5.74) is 6.91. The number of nitrogen functional groups attached to an aromatic ring is 1. The molecule has 6 heteroatoms. The van der Waals surface area contributed by atoms with E-state index >= 15 is 0 Å². The fourth-order valence-electron chi connectivity index (χ4n) is 0.775. The molecule has 0 amide bonds. The molecule has 0 atom stereocenters. The first-order valence-corrected chi connectivity index (χ1v) is 4.14. The van der Waals surface area contributed by atoms with Gasteiger partial charge in [0, 0.05) is 18.1 Å². The van der Waals surface area contributed by atoms with Crippen molar-refractivity contribution in [3.05, 3.63) is 49.3 Å². The molecule has 0 fully saturated rings. The molecule has 2 heterocycles. The van der Waals surface area contributed by atoms with Gasteiger partial charge in [-0.3, -0.25) is 4.98 Å². The van der Waals surface area contributed by atoms with Gasteiger partial charge in [-0.2, -0.15) is 0 Å². The smallest absolute Gasteiger partial charge is 0.138 e. The van der Waals surface area contributed by atoms with Gasteiger partial charge in [-0.05, 0) is 17.7 Å². The van der Waals surface area contributed by atoms with Gasteiger partial charge in [0.2, 0.25) is 0 Å². The van der Waals surface area contributed by atoms with Crippen LogP contribution in [0, 0.1) is 0 Å². The average molecular weight is 204 g/mol. The maximum absolute atomic E-state index is 5.39. The molecule has 0 radical (unpaired) electrons. The van der Waals surface area contributed by atoms with Gasteiger partial charge in [0.1, 0.15) is 12.7 Å². The van der Waals surface area contributed by atoms with Crippen LogP contribution in [0.15, 0.2) is 43.8 Å². The van der Waals surface area contributed by atoms with E-state index in [2.05, 4.69) is 21.8 Å². The molecule has 0 saturated carbocycles. The van der Waals surface area contributed by atoms with E-state index in [4.69, 9.17) is 11.6 Å². The lowest BCUT2D eigenvalue weighted by atomic mass is 10.2. The zero-order chi connectivity index (χ0) is 11.1. The number of nitrogens with zero attached hydrogens (tertiary/aromatic N) is 4. The van der Waals surface area contributed by atoms with Crippen molar-refractivity contribution in [3.63, 3.8) is 0 Å². The maximum atomic E-state index is 5.39. The normalized spacial score (nSPS) is 8.80. The molecule has 0 unspecified atom stereocenters. The summed E-state index contributed by atoms with van der Waals surface area (Å²) in [7, 11) is 0. The average Bonchev–Trinajstić information content (AvgIpc) is 2.71. The number of pyridine rings is 1. The molecule has 0 bridgehead atoms. The van der Waals surface area contributed by atoms with Crippen molar-refractivity contribution in [2.75, 3.05) is 5.84 Å². The van der Waals surface area contributed by atoms with E-state index in [-0.39, 0.29) is 0 Å². The van der Waals surface area contributed by atoms with Crippen LogP contribution in [0.2, 0.25) is 0 Å². The molecule has 0 aliphatic heterocycles. The first kappa shape index (κ1) is 10.7. The van der Waals surface area contributed by atoms with Gasteiger partial charge >= 0.3 is 0 Å². The number of hydrogen-bond donors (Lipinski definition) is 2. The zero-order valence-electron chi connectivity index (χ0n) is 8.11. The highest BCUT2D eigenvalue weighted by molar-refractivity contribution is 5.59. The van der Waals surface area contributed by atoms with E-state index < -0.39 is 0 Å². The second-order valence-corrected chi connectivity index (χ2v) is 2.67. The Bertz CT molecular complexity index is 394. The first-order valence-electron chi connectivity index (χ1n) is 4.14. The largest absolute Gasteiger partial charge is 0.399 e. The second kappa shape index (κ2) is 5.38. The third-order valence-electron chi connectivity index (χ3n) is 1.49. The molecular formula is C9H12N6. The Morgan fingerprint density at radius 2 is 1.73 bits per heavy atom. The van der Waals surface area contributed by atoms with Crippen LogP contribution in [0.3, 0.4) is 0 Å². The summed E-state index contributed by atoms with van der Waals surface area (Å²) in [6.45, 7) is 3.58. The molecule has 4 N–H and O–H groups in total. The summed E-state index contributed by atoms with van der Waals surface area (Å²) in [4.78, 5) is 3.83. The molecule has 78 valence electrons. The summed E-state index contributed by atoms with van der Waals surface area (Å²) in [6, 6.07) is 3.64. The monoisotopic (exact) mass is 204 g/mol. The summed E-state index contributed by atoms with van der Waals surface area (Å²) in [6.07, 6.45) is 6.21. The first-order chi connectivity index (χ1) is 7.20. The van der Waals surface area contributed by atoms with Crippen LogP contribution in [-0.4, -0.2) is 19.9 Å². The van der Waals surface area contributed by atoms with Gasteiger partial charge in [0.25, 0.3) is 0 Å². The minimum atomic E-state index is 0.581. The van der Waals surface area contributed by atoms with Gasteiger partial charge in [0.05, 0.1) is 0 Å². The Balaban J connectivity index is 0.000000162. The standard InChI is InChI=1S/C7H8N2.C2H4N4/c1-6(8)7-2-4-9-5-3-7;3-6-1-4-5-2-6/h2-5H,1,8H2;1-2H,3H2. The van der Waals surface area contributed by atoms with E-state index in [1.165, 1.54) is 17.3 Å². The Morgan fingerprint density at radius 1 is 1.20 bits per heavy atom. The van der Waals surface area contributed by atoms with E-state index in [0.29, 0.717) is 5.70 Å². The number of rotatable bonds is 1. The number of nitrogens with two attached hydrogens (primary N) is 2. The van der Waals surface area contributed by atoms with Crippen LogP contribution in [0.4, 0.5) is 0 Å². The zero-order valence-corrected chi connectivity index (χ0v) is 8.11. The highest BCUT2D eigenvalue weighted by atomic mass is 15.4. The minimum Gasteiger partial charge on any atom is -0.399 e. The van der Waals surface area contributed by atoms with E-state index in [1.54, 1.807) is 12.4 Å². The highest BCUT2D eigenvalue weighted by Gasteiger charge is 1.87. The molecule has 2 rings (SSSR count). The van der Waals surface area contributed by atoms with Gasteiger partial charge < -0.3 is 11.6 Å². The summed E-state index contributed by atoms with van der Waals surface area (Å²) in [5.74, 6) is 5.07. The van der Waals surface area contributed by atoms with E-state index in [0.717, 1.165) is 5.56 Å². The molecule has 2 aromatic rings. The fraction of sp³-hybridized carbons (Fsp3) is 0. The topological polar surface area (TPSA) is 95.6 Å². The molecular weight excluding hydrogens is 192 g/mol. The van der Waals surface area contributed by atoms with Crippen LogP contribution in [-0.2, 0) is 0 Å². The Labute approximate surface area is 87.2 Å². The quantitative estimate of drug-likeness (QED) is 0.637. The van der Waals surface area contributed by atoms with Crippen molar-refractivity contribution in [2.45, 2.75) is 0 Å². The van der Waals surface area contributed by atoms with Crippen LogP contribution in [0.1, 0.15) is 5.56 Å². The van der Waals surface area contributed by atoms with Crippen molar-refractivity contribution in [1.82, 2.24) is 19.9 Å². The second-order valence-electron chi connectivity index (χ2n) is 2.67. The van der Waals surface area contributed by atoms with Crippen molar-refractivity contribution in [1.29, 1.82) is 0 Å². The fourth-order valence-corrected chi connectivity index (χ4v) is 0.775. The molecule has 0 saturated heterocycles. The Morgan fingerprint density at radius 3 is 2.00 bits per heavy atom. The molecule has 0 aliphatic carbocycles. The van der Waals surface area contributed by atoms with Gasteiger partial charge in [-0.1, -0.05) is 6.58 Å². The van der Waals surface area contributed by atoms with Gasteiger partial charge in [-0.15, -0.1) is 10.2 Å². The van der Waals surface area contributed by atoms with Gasteiger partial charge in [0.15, 0.2) is 0 Å². The summed E-state index contributed by atoms with van der Waals surface area (Å²) >= 11 is 0. The predicted molar refractivity (Wildman–Crippen MR) is 57.6 cm³/mol. The molecule has 0 aliphatic rings. The lowest BCUT2D eigenvalue weighted by molar-refractivity contribution is 0.997. The number of hydrogen-bond acceptors (Lipinski definition) is 5. The van der Waals surface area contributed by atoms with E-state index in [1.807, 2.05) is 12.1 Å². The highest BCUT2D eigenvalue weighted by Crippen LogP contribution is 2.01. The Kier molecular flexibility index (Phi) is 3.84. The van der Waals surface area contributed by atoms with Crippen LogP contribution in [0.25, 0.3) is 5.70 Å². The molecule has 0 aromatic carbocycles. The van der Waals surface area contributed by atoms with Crippen molar-refractivity contribution in [2.24, 2.45) is 5.73 Å². The van der Waals surface area contributed by atoms with Crippen molar-refractivity contribution >= 4 is 5.70 Å². The Hall–Kier alpha value is -2.37. The lowest BCUT2D eigenvalue weighted by Crippen LogP contribution is -2.02. The van der Waals surface area contributed by atoms with Crippen molar-refractivity contribution < 1.29 is 0 Å². The third kappa shape index (κ3) is 3.90. The number of aromatic nitrogens is 4. The van der Waals surface area contributed by atoms with Gasteiger partial charge in [-0.25, -0.2) is 4.68 Å². The molecule has 2 aromatic heterocycles. The SMILES string of the molecule is C=C(N)c1ccncc1.Nn1cnnc1. The molecule has 0 spiro atoms. The maximum Gasteiger partial charge on any atom is 0.138 e. The minimum absolute atomic E-state index is 0.581. The van der Waals surface area contributed by atoms with Crippen LogP contribution >= 0.6 is 0 Å². The lowest BCUT2D eigenvalue weighted by Gasteiger charge is -1.94. The third-order valence-corrected chi connectivity index (χ3v) is 1.49. The molecule has 6 nitrogen and oxygen atoms in total. The van der Waals surface area contributed by atoms with Crippen LogP contribution in [0.5, 0.6) is 0 Å². The molecule has 15 heavy (non-hydrogen) atoms. The summed E-state index contributed by atoms with van der Waals surface area (Å²) < 4.78 is 1.28.